The van der Waals surface area contributed by atoms with E-state index in [2.05, 4.69) is 36.5 Å². The molecule has 0 aromatic heterocycles. The highest BCUT2D eigenvalue weighted by Gasteiger charge is 2.41. The lowest BCUT2D eigenvalue weighted by atomic mass is 9.93. The molecule has 134 valence electrons. The van der Waals surface area contributed by atoms with Gasteiger partial charge in [-0.3, -0.25) is 9.59 Å². The maximum absolute atomic E-state index is 13.0. The number of hydrogen-bond donors (Lipinski definition) is 1. The van der Waals surface area contributed by atoms with Gasteiger partial charge in [-0.2, -0.15) is 0 Å². The molecular formula is C20H26N2O2S. The largest absolute Gasteiger partial charge is 0.358 e. The van der Waals surface area contributed by atoms with Gasteiger partial charge >= 0.3 is 0 Å². The van der Waals surface area contributed by atoms with Gasteiger partial charge in [0.1, 0.15) is 6.54 Å². The summed E-state index contributed by atoms with van der Waals surface area (Å²) in [6.07, 6.45) is 7.44. The highest BCUT2D eigenvalue weighted by Crippen LogP contribution is 2.42. The van der Waals surface area contributed by atoms with Crippen molar-refractivity contribution < 1.29 is 9.59 Å². The Kier molecular flexibility index (Phi) is 5.84. The van der Waals surface area contributed by atoms with E-state index >= 15 is 0 Å². The highest BCUT2D eigenvalue weighted by molar-refractivity contribution is 8.04. The number of rotatable bonds is 4. The Hall–Kier alpha value is -1.75. The minimum atomic E-state index is -0.101. The predicted molar refractivity (Wildman–Crippen MR) is 103 cm³/mol. The Morgan fingerprint density at radius 3 is 2.68 bits per heavy atom. The predicted octanol–water partition coefficient (Wildman–Crippen LogP) is 3.22. The fourth-order valence-corrected chi connectivity index (χ4v) is 5.07. The fourth-order valence-electron chi connectivity index (χ4n) is 3.60. The van der Waals surface area contributed by atoms with Crippen LogP contribution >= 0.6 is 11.8 Å². The molecule has 25 heavy (non-hydrogen) atoms. The van der Waals surface area contributed by atoms with Crippen molar-refractivity contribution in [1.29, 1.82) is 0 Å². The Balaban J connectivity index is 1.86. The van der Waals surface area contributed by atoms with Gasteiger partial charge in [0.25, 0.3) is 5.91 Å². The third-order valence-electron chi connectivity index (χ3n) is 5.10. The number of hydrogen-bond acceptors (Lipinski definition) is 3. The zero-order chi connectivity index (χ0) is 17.8. The summed E-state index contributed by atoms with van der Waals surface area (Å²) in [5, 5.41) is 3.05. The average molecular weight is 359 g/mol. The number of likely N-dealkylation sites (N-methyl/N-ethyl adjacent to an activating group) is 1. The zero-order valence-electron chi connectivity index (χ0n) is 15.0. The van der Waals surface area contributed by atoms with Crippen molar-refractivity contribution in [2.75, 3.05) is 13.6 Å². The highest BCUT2D eigenvalue weighted by atomic mass is 32.2. The summed E-state index contributed by atoms with van der Waals surface area (Å²) in [6, 6.07) is 8.53. The van der Waals surface area contributed by atoms with Gasteiger partial charge in [0.05, 0.1) is 4.91 Å². The Morgan fingerprint density at radius 2 is 2.00 bits per heavy atom. The van der Waals surface area contributed by atoms with Crippen LogP contribution in [-0.2, 0) is 16.0 Å². The lowest BCUT2D eigenvalue weighted by molar-refractivity contribution is -0.135. The number of benzene rings is 1. The van der Waals surface area contributed by atoms with Gasteiger partial charge in [0.2, 0.25) is 5.91 Å². The first-order valence-corrected chi connectivity index (χ1v) is 9.99. The minimum absolute atomic E-state index is 0.00341. The molecule has 3 rings (SSSR count). The molecule has 1 aromatic rings. The van der Waals surface area contributed by atoms with Crippen molar-refractivity contribution in [1.82, 2.24) is 10.2 Å². The third kappa shape index (κ3) is 4.09. The standard InChI is InChI=1S/C20H26N2O2S/c1-3-14-8-10-15(11-9-14)12-18-20(24)22(13-19(23)21-2)16-6-4-5-7-17(16)25-18/h8-12,16-17H,3-7,13H2,1-2H3,(H,21,23)/b18-12+. The molecule has 0 bridgehead atoms. The smallest absolute Gasteiger partial charge is 0.261 e. The molecule has 4 nitrogen and oxygen atoms in total. The molecule has 1 N–H and O–H groups in total. The molecule has 1 saturated carbocycles. The summed E-state index contributed by atoms with van der Waals surface area (Å²) in [5.74, 6) is -0.104. The normalized spacial score (nSPS) is 25.0. The van der Waals surface area contributed by atoms with Crippen LogP contribution in [0.1, 0.15) is 43.7 Å². The van der Waals surface area contributed by atoms with E-state index in [0.717, 1.165) is 36.2 Å². The van der Waals surface area contributed by atoms with Crippen LogP contribution in [-0.4, -0.2) is 41.6 Å². The van der Waals surface area contributed by atoms with Gasteiger partial charge in [-0.05, 0) is 36.5 Å². The van der Waals surface area contributed by atoms with Crippen molar-refractivity contribution >= 4 is 29.7 Å². The van der Waals surface area contributed by atoms with Crippen LogP contribution in [0.25, 0.3) is 6.08 Å². The summed E-state index contributed by atoms with van der Waals surface area (Å²) < 4.78 is 0. The molecule has 1 aliphatic carbocycles. The van der Waals surface area contributed by atoms with Crippen LogP contribution in [0.4, 0.5) is 0 Å². The molecule has 1 aliphatic heterocycles. The number of thioether (sulfide) groups is 1. The number of fused-ring (bicyclic) bond motifs is 1. The van der Waals surface area contributed by atoms with E-state index < -0.39 is 0 Å². The van der Waals surface area contributed by atoms with Gasteiger partial charge in [-0.1, -0.05) is 44.0 Å². The van der Waals surface area contributed by atoms with E-state index in [1.54, 1.807) is 23.7 Å². The summed E-state index contributed by atoms with van der Waals surface area (Å²) in [6.45, 7) is 2.29. The maximum Gasteiger partial charge on any atom is 0.261 e. The first-order valence-electron chi connectivity index (χ1n) is 9.11. The van der Waals surface area contributed by atoms with Crippen molar-refractivity contribution in [3.63, 3.8) is 0 Å². The second-order valence-electron chi connectivity index (χ2n) is 6.72. The topological polar surface area (TPSA) is 49.4 Å². The molecule has 2 unspecified atom stereocenters. The molecule has 2 amide bonds. The lowest BCUT2D eigenvalue weighted by Gasteiger charge is -2.43. The van der Waals surface area contributed by atoms with Crippen LogP contribution in [0.5, 0.6) is 0 Å². The molecule has 2 aliphatic rings. The molecule has 1 heterocycles. The van der Waals surface area contributed by atoms with Gasteiger partial charge in [-0.15, -0.1) is 11.8 Å². The molecule has 1 saturated heterocycles. The minimum Gasteiger partial charge on any atom is -0.358 e. The number of nitrogens with zero attached hydrogens (tertiary/aromatic N) is 1. The average Bonchev–Trinajstić information content (AvgIpc) is 2.65. The van der Waals surface area contributed by atoms with Crippen LogP contribution in [0.2, 0.25) is 0 Å². The Bertz CT molecular complexity index is 669. The van der Waals surface area contributed by atoms with Crippen LogP contribution in [0, 0.1) is 0 Å². The van der Waals surface area contributed by atoms with E-state index in [-0.39, 0.29) is 24.4 Å². The van der Waals surface area contributed by atoms with E-state index in [9.17, 15) is 9.59 Å². The number of carbonyl (C=O) groups is 2. The van der Waals surface area contributed by atoms with Gasteiger partial charge in [0.15, 0.2) is 0 Å². The van der Waals surface area contributed by atoms with Crippen molar-refractivity contribution in [2.24, 2.45) is 0 Å². The molecule has 2 atom stereocenters. The number of aryl methyl sites for hydroxylation is 1. The van der Waals surface area contributed by atoms with E-state index in [4.69, 9.17) is 0 Å². The molecule has 0 radical (unpaired) electrons. The fraction of sp³-hybridized carbons (Fsp3) is 0.500. The van der Waals surface area contributed by atoms with Gasteiger partial charge in [-0.25, -0.2) is 0 Å². The van der Waals surface area contributed by atoms with Gasteiger partial charge < -0.3 is 10.2 Å². The summed E-state index contributed by atoms with van der Waals surface area (Å²) in [5.41, 5.74) is 2.33. The second kappa shape index (κ2) is 8.09. The summed E-state index contributed by atoms with van der Waals surface area (Å²) in [7, 11) is 1.62. The molecule has 1 aromatic carbocycles. The van der Waals surface area contributed by atoms with Crippen LogP contribution in [0.3, 0.4) is 0 Å². The maximum atomic E-state index is 13.0. The van der Waals surface area contributed by atoms with Crippen molar-refractivity contribution in [2.45, 2.75) is 50.3 Å². The van der Waals surface area contributed by atoms with Gasteiger partial charge in [0, 0.05) is 18.3 Å². The van der Waals surface area contributed by atoms with E-state index in [0.29, 0.717) is 5.25 Å². The van der Waals surface area contributed by atoms with Crippen molar-refractivity contribution in [3.8, 4) is 0 Å². The Morgan fingerprint density at radius 1 is 1.28 bits per heavy atom. The number of carbonyl (C=O) groups excluding carboxylic acids is 2. The van der Waals surface area contributed by atoms with Crippen LogP contribution < -0.4 is 5.32 Å². The molecule has 2 fully saturated rings. The number of nitrogens with one attached hydrogen (secondary N) is 1. The lowest BCUT2D eigenvalue weighted by Crippen LogP contribution is -2.54. The second-order valence-corrected chi connectivity index (χ2v) is 8.00. The quantitative estimate of drug-likeness (QED) is 0.841. The van der Waals surface area contributed by atoms with Crippen molar-refractivity contribution in [3.05, 3.63) is 40.3 Å². The monoisotopic (exact) mass is 358 g/mol. The zero-order valence-corrected chi connectivity index (χ0v) is 15.8. The van der Waals surface area contributed by atoms with Crippen LogP contribution in [0.15, 0.2) is 29.2 Å². The summed E-state index contributed by atoms with van der Waals surface area (Å²) in [4.78, 5) is 27.5. The molecular weight excluding hydrogens is 332 g/mol. The van der Waals surface area contributed by atoms with E-state index in [1.807, 2.05) is 6.08 Å². The Labute approximate surface area is 154 Å². The molecule has 5 heteroatoms. The summed E-state index contributed by atoms with van der Waals surface area (Å²) >= 11 is 1.70. The molecule has 0 spiro atoms. The SMILES string of the molecule is CCc1ccc(/C=C2/SC3CCCCC3N(CC(=O)NC)C2=O)cc1. The first-order chi connectivity index (χ1) is 12.1. The third-order valence-corrected chi connectivity index (χ3v) is 6.50. The number of amides is 2. The van der Waals surface area contributed by atoms with E-state index in [1.165, 1.54) is 12.0 Å². The first kappa shape index (κ1) is 18.1.